The predicted octanol–water partition coefficient (Wildman–Crippen LogP) is 3.29. The number of thiocarbonyl (C=S) groups is 1. The van der Waals surface area contributed by atoms with Crippen LogP contribution in [0.4, 0.5) is 0 Å². The van der Waals surface area contributed by atoms with Crippen LogP contribution in [-0.2, 0) is 16.1 Å². The molecule has 160 valence electrons. The van der Waals surface area contributed by atoms with Gasteiger partial charge in [0, 0.05) is 23.9 Å². The lowest BCUT2D eigenvalue weighted by Crippen LogP contribution is -2.31. The van der Waals surface area contributed by atoms with Crippen LogP contribution in [0.2, 0.25) is 5.02 Å². The number of aliphatic hydroxyl groups excluding tert-OH is 2. The third-order valence-electron chi connectivity index (χ3n) is 5.09. The molecule has 0 radical (unpaired) electrons. The molecule has 29 heavy (non-hydrogen) atoms. The first kappa shape index (κ1) is 23.6. The van der Waals surface area contributed by atoms with E-state index in [0.717, 1.165) is 5.56 Å². The second kappa shape index (κ2) is 12.1. The van der Waals surface area contributed by atoms with Crippen molar-refractivity contribution in [1.29, 1.82) is 0 Å². The quantitative estimate of drug-likeness (QED) is 0.251. The molecular weight excluding hydrogens is 414 g/mol. The van der Waals surface area contributed by atoms with E-state index < -0.39 is 18.2 Å². The number of hydrogen-bond donors (Lipinski definition) is 4. The van der Waals surface area contributed by atoms with Crippen LogP contribution in [0.5, 0.6) is 0 Å². The van der Waals surface area contributed by atoms with E-state index in [1.165, 1.54) is 0 Å². The summed E-state index contributed by atoms with van der Waals surface area (Å²) in [5.74, 6) is -1.15. The fourth-order valence-electron chi connectivity index (χ4n) is 3.52. The molecule has 0 unspecified atom stereocenters. The van der Waals surface area contributed by atoms with Crippen LogP contribution in [-0.4, -0.2) is 45.3 Å². The molecule has 1 fully saturated rings. The van der Waals surface area contributed by atoms with Crippen LogP contribution in [0, 0.1) is 11.8 Å². The van der Waals surface area contributed by atoms with Crippen molar-refractivity contribution in [2.75, 3.05) is 6.61 Å². The summed E-state index contributed by atoms with van der Waals surface area (Å²) in [5.41, 5.74) is 0.977. The van der Waals surface area contributed by atoms with Crippen molar-refractivity contribution in [3.8, 4) is 0 Å². The zero-order valence-electron chi connectivity index (χ0n) is 16.2. The number of halogens is 1. The lowest BCUT2D eigenvalue weighted by molar-refractivity contribution is -0.137. The molecule has 1 aliphatic carbocycles. The molecule has 1 aliphatic rings. The van der Waals surface area contributed by atoms with Gasteiger partial charge in [0.25, 0.3) is 5.17 Å². The minimum absolute atomic E-state index is 0.128. The van der Waals surface area contributed by atoms with E-state index in [1.54, 1.807) is 6.07 Å². The van der Waals surface area contributed by atoms with Crippen LogP contribution in [0.15, 0.2) is 36.4 Å². The number of hydrogen-bond acceptors (Lipinski definition) is 5. The van der Waals surface area contributed by atoms with Gasteiger partial charge in [0.2, 0.25) is 0 Å². The summed E-state index contributed by atoms with van der Waals surface area (Å²) in [5, 5.41) is 33.1. The van der Waals surface area contributed by atoms with Gasteiger partial charge in [-0.15, -0.1) is 0 Å². The third kappa shape index (κ3) is 8.30. The molecule has 0 amide bonds. The Morgan fingerprint density at radius 1 is 1.28 bits per heavy atom. The highest BCUT2D eigenvalue weighted by Crippen LogP contribution is 2.35. The highest BCUT2D eigenvalue weighted by atomic mass is 35.5. The van der Waals surface area contributed by atoms with Crippen molar-refractivity contribution in [2.45, 2.75) is 50.9 Å². The lowest BCUT2D eigenvalue weighted by atomic mass is 9.91. The first-order chi connectivity index (χ1) is 13.9. The van der Waals surface area contributed by atoms with Crippen molar-refractivity contribution in [2.24, 2.45) is 11.8 Å². The molecule has 6 nitrogen and oxygen atoms in total. The Balaban J connectivity index is 1.76. The minimum Gasteiger partial charge on any atom is -0.481 e. The molecule has 0 heterocycles. The summed E-state index contributed by atoms with van der Waals surface area (Å²) < 4.78 is 5.63. The van der Waals surface area contributed by atoms with Gasteiger partial charge in [0.15, 0.2) is 0 Å². The number of unbranched alkanes of at least 4 members (excludes halogenated alkanes) is 1. The summed E-state index contributed by atoms with van der Waals surface area (Å²) >= 11 is 11.2. The van der Waals surface area contributed by atoms with E-state index >= 15 is 0 Å². The van der Waals surface area contributed by atoms with Crippen LogP contribution >= 0.6 is 23.8 Å². The average molecular weight is 442 g/mol. The first-order valence-corrected chi connectivity index (χ1v) is 10.5. The molecule has 0 aromatic heterocycles. The number of aliphatic hydroxyl groups is 2. The molecule has 0 spiro atoms. The number of rotatable bonds is 10. The van der Waals surface area contributed by atoms with Crippen molar-refractivity contribution >= 4 is 35.0 Å². The molecule has 1 saturated carbocycles. The maximum atomic E-state index is 10.5. The Hall–Kier alpha value is -1.67. The van der Waals surface area contributed by atoms with Crippen molar-refractivity contribution < 1.29 is 24.9 Å². The van der Waals surface area contributed by atoms with E-state index in [9.17, 15) is 15.0 Å². The Bertz CT molecular complexity index is 714. The molecule has 0 saturated heterocycles. The van der Waals surface area contributed by atoms with E-state index in [-0.39, 0.29) is 30.0 Å². The third-order valence-corrected chi connectivity index (χ3v) is 5.59. The summed E-state index contributed by atoms with van der Waals surface area (Å²) in [6.07, 6.45) is 4.94. The second-order valence-corrected chi connectivity index (χ2v) is 8.08. The summed E-state index contributed by atoms with van der Waals surface area (Å²) in [4.78, 5) is 10.5. The maximum absolute atomic E-state index is 10.5. The molecule has 1 aromatic rings. The maximum Gasteiger partial charge on any atom is 0.303 e. The molecule has 0 aliphatic heterocycles. The zero-order valence-corrected chi connectivity index (χ0v) is 17.7. The van der Waals surface area contributed by atoms with Gasteiger partial charge >= 0.3 is 5.97 Å². The second-order valence-electron chi connectivity index (χ2n) is 7.27. The van der Waals surface area contributed by atoms with Gasteiger partial charge in [-0.3, -0.25) is 4.79 Å². The number of carboxylic acids is 1. The smallest absolute Gasteiger partial charge is 0.303 e. The van der Waals surface area contributed by atoms with Gasteiger partial charge in [0.05, 0.1) is 18.8 Å². The SMILES string of the molecule is O=C(O)CCCC=CC[C@@H]1[C@@H](COC(=S)NCc2cccc(Cl)c2)[C@H](O)C[C@@H]1O. The molecule has 4 atom stereocenters. The van der Waals surface area contributed by atoms with E-state index in [4.69, 9.17) is 33.7 Å². The molecule has 4 N–H and O–H groups in total. The Morgan fingerprint density at radius 3 is 2.76 bits per heavy atom. The fraction of sp³-hybridized carbons (Fsp3) is 0.524. The van der Waals surface area contributed by atoms with E-state index in [1.807, 2.05) is 30.4 Å². The monoisotopic (exact) mass is 441 g/mol. The van der Waals surface area contributed by atoms with Crippen LogP contribution in [0.3, 0.4) is 0 Å². The molecule has 2 rings (SSSR count). The zero-order chi connectivity index (χ0) is 21.2. The summed E-state index contributed by atoms with van der Waals surface area (Å²) in [6, 6.07) is 7.43. The highest BCUT2D eigenvalue weighted by Gasteiger charge is 2.41. The van der Waals surface area contributed by atoms with Gasteiger partial charge < -0.3 is 25.4 Å². The standard InChI is InChI=1S/C21H28ClNO5S/c22-15-7-5-6-14(10-15)12-23-21(29)28-13-17-16(18(24)11-19(17)25)8-3-1-2-4-9-20(26)27/h1,3,5-7,10,16-19,24-25H,2,4,8-9,11-13H2,(H,23,29)(H,26,27)/t16-,17-,18+,19-/m1/s1. The van der Waals surface area contributed by atoms with Crippen molar-refractivity contribution in [3.63, 3.8) is 0 Å². The Kier molecular flexibility index (Phi) is 9.87. The van der Waals surface area contributed by atoms with Gasteiger partial charge in [-0.25, -0.2) is 0 Å². The van der Waals surface area contributed by atoms with Gasteiger partial charge in [-0.2, -0.15) is 0 Å². The number of benzene rings is 1. The summed E-state index contributed by atoms with van der Waals surface area (Å²) in [7, 11) is 0. The lowest BCUT2D eigenvalue weighted by Gasteiger charge is -2.23. The normalized spacial score (nSPS) is 24.0. The number of carboxylic acid groups (broad SMARTS) is 1. The van der Waals surface area contributed by atoms with Gasteiger partial charge in [-0.05, 0) is 61.5 Å². The fourth-order valence-corrected chi connectivity index (χ4v) is 3.87. The van der Waals surface area contributed by atoms with Crippen LogP contribution in [0.25, 0.3) is 0 Å². The largest absolute Gasteiger partial charge is 0.481 e. The molecule has 8 heteroatoms. The molecular formula is C21H28ClNO5S. The number of ether oxygens (including phenoxy) is 1. The topological polar surface area (TPSA) is 99.0 Å². The number of carbonyl (C=O) groups is 1. The average Bonchev–Trinajstić information content (AvgIpc) is 2.93. The number of aliphatic carboxylic acids is 1. The van der Waals surface area contributed by atoms with Gasteiger partial charge in [-0.1, -0.05) is 35.9 Å². The van der Waals surface area contributed by atoms with Crippen molar-refractivity contribution in [1.82, 2.24) is 5.32 Å². The van der Waals surface area contributed by atoms with Gasteiger partial charge in [0.1, 0.15) is 0 Å². The highest BCUT2D eigenvalue weighted by molar-refractivity contribution is 7.80. The van der Waals surface area contributed by atoms with E-state index in [0.29, 0.717) is 37.3 Å². The number of nitrogens with one attached hydrogen (secondary N) is 1. The summed E-state index contributed by atoms with van der Waals surface area (Å²) in [6.45, 7) is 0.703. The van der Waals surface area contributed by atoms with Crippen LogP contribution < -0.4 is 5.32 Å². The predicted molar refractivity (Wildman–Crippen MR) is 116 cm³/mol. The Labute approximate surface area is 181 Å². The minimum atomic E-state index is -0.801. The van der Waals surface area contributed by atoms with Crippen molar-refractivity contribution in [3.05, 3.63) is 47.0 Å². The first-order valence-electron chi connectivity index (χ1n) is 9.74. The number of allylic oxidation sites excluding steroid dienone is 2. The Morgan fingerprint density at radius 2 is 2.03 bits per heavy atom. The molecule has 0 bridgehead atoms. The van der Waals surface area contributed by atoms with Crippen LogP contribution in [0.1, 0.15) is 37.7 Å². The molecule has 1 aromatic carbocycles. The van der Waals surface area contributed by atoms with E-state index in [2.05, 4.69) is 5.32 Å².